The molecule has 2 aromatic rings. The maximum atomic E-state index is 10.5. The van der Waals surface area contributed by atoms with Crippen molar-refractivity contribution in [3.05, 3.63) is 51.8 Å². The number of hydrogen-bond donors (Lipinski definition) is 1. The molecule has 1 aromatic carbocycles. The molecule has 1 aromatic heterocycles. The first-order chi connectivity index (χ1) is 9.02. The average Bonchev–Trinajstić information content (AvgIpc) is 2.40. The first-order valence-electron chi connectivity index (χ1n) is 5.85. The Balaban J connectivity index is 2.51. The van der Waals surface area contributed by atoms with E-state index in [1.165, 1.54) is 0 Å². The lowest BCUT2D eigenvalue weighted by molar-refractivity contribution is 0.213. The molecule has 19 heavy (non-hydrogen) atoms. The second kappa shape index (κ2) is 5.55. The van der Waals surface area contributed by atoms with Crippen molar-refractivity contribution in [2.75, 3.05) is 7.11 Å². The fourth-order valence-corrected chi connectivity index (χ4v) is 2.11. The summed E-state index contributed by atoms with van der Waals surface area (Å²) in [6.45, 7) is 3.64. The minimum Gasteiger partial charge on any atom is -0.496 e. The molecule has 0 fully saturated rings. The lowest BCUT2D eigenvalue weighted by atomic mass is 9.99. The Morgan fingerprint density at radius 1 is 1.16 bits per heavy atom. The van der Waals surface area contributed by atoms with Crippen LogP contribution in [0.2, 0.25) is 5.02 Å². The Kier molecular flexibility index (Phi) is 4.02. The van der Waals surface area contributed by atoms with Crippen molar-refractivity contribution in [1.29, 1.82) is 0 Å². The summed E-state index contributed by atoms with van der Waals surface area (Å²) in [5, 5.41) is 19.1. The largest absolute Gasteiger partial charge is 0.496 e. The highest BCUT2D eigenvalue weighted by Gasteiger charge is 2.19. The van der Waals surface area contributed by atoms with Crippen LogP contribution in [-0.4, -0.2) is 22.4 Å². The Labute approximate surface area is 117 Å². The number of nitrogens with zero attached hydrogens (tertiary/aromatic N) is 2. The number of hydrogen-bond acceptors (Lipinski definition) is 4. The van der Waals surface area contributed by atoms with Gasteiger partial charge in [0.15, 0.2) is 0 Å². The van der Waals surface area contributed by atoms with Crippen molar-refractivity contribution in [3.63, 3.8) is 0 Å². The van der Waals surface area contributed by atoms with Crippen molar-refractivity contribution in [2.45, 2.75) is 20.0 Å². The molecule has 0 aliphatic rings. The fourth-order valence-electron chi connectivity index (χ4n) is 1.93. The van der Waals surface area contributed by atoms with E-state index in [2.05, 4.69) is 10.2 Å². The van der Waals surface area contributed by atoms with Gasteiger partial charge in [-0.1, -0.05) is 11.6 Å². The number of aryl methyl sites for hydroxylation is 2. The van der Waals surface area contributed by atoms with Crippen molar-refractivity contribution in [1.82, 2.24) is 10.2 Å². The Morgan fingerprint density at radius 2 is 1.89 bits per heavy atom. The number of benzene rings is 1. The Bertz CT molecular complexity index is 602. The molecule has 100 valence electrons. The number of rotatable bonds is 3. The lowest BCUT2D eigenvalue weighted by Crippen LogP contribution is -2.07. The van der Waals surface area contributed by atoms with Crippen LogP contribution in [0, 0.1) is 13.8 Å². The molecule has 5 heteroatoms. The highest BCUT2D eigenvalue weighted by molar-refractivity contribution is 6.30. The predicted molar refractivity (Wildman–Crippen MR) is 73.6 cm³/mol. The quantitative estimate of drug-likeness (QED) is 0.938. The standard InChI is InChI=1S/C14H15ClN2O2/c1-8-6-11(9(2)17-16-8)14(18)12-7-10(15)4-5-13(12)19-3/h4-7,14,18H,1-3H3. The fraction of sp³-hybridized carbons (Fsp3) is 0.286. The maximum absolute atomic E-state index is 10.5. The molecule has 1 heterocycles. The van der Waals surface area contributed by atoms with Crippen LogP contribution in [0.25, 0.3) is 0 Å². The second-order valence-corrected chi connectivity index (χ2v) is 4.75. The normalized spacial score (nSPS) is 12.3. The van der Waals surface area contributed by atoms with Gasteiger partial charge < -0.3 is 9.84 Å². The van der Waals surface area contributed by atoms with E-state index in [0.29, 0.717) is 27.6 Å². The summed E-state index contributed by atoms with van der Waals surface area (Å²) in [4.78, 5) is 0. The first kappa shape index (κ1) is 13.8. The van der Waals surface area contributed by atoms with Crippen LogP contribution in [0.5, 0.6) is 5.75 Å². The topological polar surface area (TPSA) is 55.2 Å². The first-order valence-corrected chi connectivity index (χ1v) is 6.23. The molecule has 4 nitrogen and oxygen atoms in total. The third kappa shape index (κ3) is 2.85. The second-order valence-electron chi connectivity index (χ2n) is 4.32. The molecule has 0 radical (unpaired) electrons. The zero-order valence-corrected chi connectivity index (χ0v) is 11.8. The molecular formula is C14H15ClN2O2. The smallest absolute Gasteiger partial charge is 0.125 e. The van der Waals surface area contributed by atoms with Crippen LogP contribution in [0.4, 0.5) is 0 Å². The number of ether oxygens (including phenoxy) is 1. The van der Waals surface area contributed by atoms with Crippen molar-refractivity contribution in [2.24, 2.45) is 0 Å². The minimum atomic E-state index is -0.845. The molecule has 1 N–H and O–H groups in total. The molecule has 0 saturated heterocycles. The highest BCUT2D eigenvalue weighted by Crippen LogP contribution is 2.33. The summed E-state index contributed by atoms with van der Waals surface area (Å²) in [6.07, 6.45) is -0.845. The van der Waals surface area contributed by atoms with Gasteiger partial charge in [-0.15, -0.1) is 0 Å². The Hall–Kier alpha value is -1.65. The third-order valence-corrected chi connectivity index (χ3v) is 3.16. The van der Waals surface area contributed by atoms with Gasteiger partial charge in [0.25, 0.3) is 0 Å². The summed E-state index contributed by atoms with van der Waals surface area (Å²) in [5.41, 5.74) is 2.75. The van der Waals surface area contributed by atoms with E-state index in [1.807, 2.05) is 19.9 Å². The van der Waals surface area contributed by atoms with Crippen LogP contribution in [-0.2, 0) is 0 Å². The van der Waals surface area contributed by atoms with Crippen molar-refractivity contribution in [3.8, 4) is 5.75 Å². The summed E-state index contributed by atoms with van der Waals surface area (Å²) in [5.74, 6) is 0.589. The van der Waals surface area contributed by atoms with Gasteiger partial charge in [0.2, 0.25) is 0 Å². The zero-order chi connectivity index (χ0) is 14.0. The van der Waals surface area contributed by atoms with Crippen LogP contribution >= 0.6 is 11.6 Å². The number of aliphatic hydroxyl groups excluding tert-OH is 1. The highest BCUT2D eigenvalue weighted by atomic mass is 35.5. The SMILES string of the molecule is COc1ccc(Cl)cc1C(O)c1cc(C)nnc1C. The summed E-state index contributed by atoms with van der Waals surface area (Å²) >= 11 is 5.98. The lowest BCUT2D eigenvalue weighted by Gasteiger charge is -2.17. The molecule has 0 saturated carbocycles. The Morgan fingerprint density at radius 3 is 2.58 bits per heavy atom. The zero-order valence-electron chi connectivity index (χ0n) is 11.0. The van der Waals surface area contributed by atoms with Gasteiger partial charge >= 0.3 is 0 Å². The van der Waals surface area contributed by atoms with E-state index >= 15 is 0 Å². The third-order valence-electron chi connectivity index (χ3n) is 2.92. The van der Waals surface area contributed by atoms with Gasteiger partial charge in [-0.25, -0.2) is 0 Å². The van der Waals surface area contributed by atoms with Gasteiger partial charge in [0.05, 0.1) is 18.5 Å². The number of aromatic nitrogens is 2. The molecule has 0 aliphatic heterocycles. The summed E-state index contributed by atoms with van der Waals surface area (Å²) < 4.78 is 5.26. The molecule has 0 aliphatic carbocycles. The molecular weight excluding hydrogens is 264 g/mol. The van der Waals surface area contributed by atoms with E-state index in [1.54, 1.807) is 25.3 Å². The van der Waals surface area contributed by atoms with Crippen LogP contribution in [0.3, 0.4) is 0 Å². The van der Waals surface area contributed by atoms with Crippen LogP contribution in [0.15, 0.2) is 24.3 Å². The predicted octanol–water partition coefficient (Wildman–Crippen LogP) is 2.84. The van der Waals surface area contributed by atoms with Crippen LogP contribution < -0.4 is 4.74 Å². The van der Waals surface area contributed by atoms with E-state index < -0.39 is 6.10 Å². The molecule has 0 amide bonds. The van der Waals surface area contributed by atoms with Gasteiger partial charge in [-0.2, -0.15) is 10.2 Å². The van der Waals surface area contributed by atoms with E-state index in [4.69, 9.17) is 16.3 Å². The molecule has 2 rings (SSSR count). The van der Waals surface area contributed by atoms with Crippen molar-refractivity contribution < 1.29 is 9.84 Å². The van der Waals surface area contributed by atoms with Crippen LogP contribution in [0.1, 0.15) is 28.6 Å². The minimum absolute atomic E-state index is 0.547. The van der Waals surface area contributed by atoms with Crippen molar-refractivity contribution >= 4 is 11.6 Å². The number of aliphatic hydroxyl groups is 1. The number of methoxy groups -OCH3 is 1. The molecule has 0 bridgehead atoms. The van der Waals surface area contributed by atoms with Gasteiger partial charge in [0, 0.05) is 16.1 Å². The molecule has 0 spiro atoms. The van der Waals surface area contributed by atoms with E-state index in [-0.39, 0.29) is 0 Å². The molecule has 1 unspecified atom stereocenters. The summed E-state index contributed by atoms with van der Waals surface area (Å²) in [7, 11) is 1.56. The van der Waals surface area contributed by atoms with E-state index in [9.17, 15) is 5.11 Å². The average molecular weight is 279 g/mol. The summed E-state index contributed by atoms with van der Waals surface area (Å²) in [6, 6.07) is 6.96. The van der Waals surface area contributed by atoms with Gasteiger partial charge in [-0.3, -0.25) is 0 Å². The maximum Gasteiger partial charge on any atom is 0.125 e. The molecule has 1 atom stereocenters. The van der Waals surface area contributed by atoms with E-state index in [0.717, 1.165) is 5.69 Å². The monoisotopic (exact) mass is 278 g/mol. The van der Waals surface area contributed by atoms with Gasteiger partial charge in [0.1, 0.15) is 11.9 Å². The van der Waals surface area contributed by atoms with Gasteiger partial charge in [-0.05, 0) is 38.1 Å². The number of halogens is 1.